The molecule has 0 unspecified atom stereocenters. The third kappa shape index (κ3) is 4.77. The number of hydrogen-bond acceptors (Lipinski definition) is 3. The third-order valence-corrected chi connectivity index (χ3v) is 4.02. The van der Waals surface area contributed by atoms with E-state index in [-0.39, 0.29) is 5.91 Å². The van der Waals surface area contributed by atoms with Crippen molar-refractivity contribution in [1.82, 2.24) is 5.32 Å². The van der Waals surface area contributed by atoms with Gasteiger partial charge in [-0.15, -0.1) is 0 Å². The molecule has 132 valence electrons. The molecule has 5 heteroatoms. The Hall–Kier alpha value is -2.98. The van der Waals surface area contributed by atoms with E-state index in [1.165, 1.54) is 6.08 Å². The fraction of sp³-hybridized carbons (Fsp3) is 0.0952. The van der Waals surface area contributed by atoms with Gasteiger partial charge in [0.25, 0.3) is 0 Å². The summed E-state index contributed by atoms with van der Waals surface area (Å²) in [6.07, 6.45) is 3.24. The number of hydrogen-bond donors (Lipinski definition) is 1. The molecule has 3 aromatic rings. The normalized spacial score (nSPS) is 10.8. The lowest BCUT2D eigenvalue weighted by Gasteiger charge is -2.01. The number of carbonyl (C=O) groups is 1. The van der Waals surface area contributed by atoms with Gasteiger partial charge in [0, 0.05) is 16.7 Å². The quantitative estimate of drug-likeness (QED) is 0.628. The molecular weight excluding hydrogens is 350 g/mol. The highest BCUT2D eigenvalue weighted by molar-refractivity contribution is 6.30. The number of halogens is 1. The van der Waals surface area contributed by atoms with Crippen molar-refractivity contribution in [3.05, 3.63) is 83.1 Å². The minimum Gasteiger partial charge on any atom is -0.497 e. The molecule has 0 aliphatic rings. The van der Waals surface area contributed by atoms with E-state index in [0.29, 0.717) is 17.3 Å². The molecule has 0 saturated carbocycles. The number of rotatable bonds is 6. The monoisotopic (exact) mass is 367 g/mol. The van der Waals surface area contributed by atoms with Gasteiger partial charge < -0.3 is 14.5 Å². The minimum absolute atomic E-state index is 0.190. The summed E-state index contributed by atoms with van der Waals surface area (Å²) in [4.78, 5) is 11.9. The fourth-order valence-electron chi connectivity index (χ4n) is 2.36. The van der Waals surface area contributed by atoms with Gasteiger partial charge in [-0.05, 0) is 60.2 Å². The molecule has 1 N–H and O–H groups in total. The summed E-state index contributed by atoms with van der Waals surface area (Å²) < 4.78 is 10.9. The van der Waals surface area contributed by atoms with E-state index in [2.05, 4.69) is 5.32 Å². The molecule has 0 aliphatic carbocycles. The van der Waals surface area contributed by atoms with E-state index in [4.69, 9.17) is 20.8 Å². The fourth-order valence-corrected chi connectivity index (χ4v) is 2.49. The van der Waals surface area contributed by atoms with Crippen LogP contribution >= 0.6 is 11.6 Å². The molecule has 1 heterocycles. The van der Waals surface area contributed by atoms with Gasteiger partial charge in [-0.2, -0.15) is 0 Å². The van der Waals surface area contributed by atoms with Crippen LogP contribution in [0.1, 0.15) is 11.3 Å². The lowest BCUT2D eigenvalue weighted by molar-refractivity contribution is -0.116. The van der Waals surface area contributed by atoms with Crippen LogP contribution in [-0.4, -0.2) is 13.0 Å². The van der Waals surface area contributed by atoms with E-state index in [1.807, 2.05) is 60.7 Å². The second-order valence-corrected chi connectivity index (χ2v) is 6.03. The van der Waals surface area contributed by atoms with E-state index >= 15 is 0 Å². The van der Waals surface area contributed by atoms with Crippen LogP contribution in [0.4, 0.5) is 0 Å². The van der Waals surface area contributed by atoms with Crippen LogP contribution in [0.3, 0.4) is 0 Å². The van der Waals surface area contributed by atoms with Crippen LogP contribution in [0.15, 0.2) is 71.2 Å². The summed E-state index contributed by atoms with van der Waals surface area (Å²) in [5.41, 5.74) is 1.86. The highest BCUT2D eigenvalue weighted by Crippen LogP contribution is 2.23. The average molecular weight is 368 g/mol. The van der Waals surface area contributed by atoms with Gasteiger partial charge in [0.2, 0.25) is 5.91 Å². The Balaban J connectivity index is 1.54. The van der Waals surface area contributed by atoms with Crippen molar-refractivity contribution in [1.29, 1.82) is 0 Å². The van der Waals surface area contributed by atoms with Crippen molar-refractivity contribution < 1.29 is 13.9 Å². The minimum atomic E-state index is -0.190. The zero-order chi connectivity index (χ0) is 18.4. The smallest absolute Gasteiger partial charge is 0.244 e. The Morgan fingerprint density at radius 2 is 1.81 bits per heavy atom. The number of benzene rings is 2. The molecule has 0 radical (unpaired) electrons. The molecule has 0 aliphatic heterocycles. The summed E-state index contributed by atoms with van der Waals surface area (Å²) in [6.45, 7) is 0.319. The summed E-state index contributed by atoms with van der Waals surface area (Å²) in [6, 6.07) is 18.6. The predicted molar refractivity (Wildman–Crippen MR) is 103 cm³/mol. The highest BCUT2D eigenvalue weighted by Gasteiger charge is 2.05. The van der Waals surface area contributed by atoms with Gasteiger partial charge >= 0.3 is 0 Å². The summed E-state index contributed by atoms with van der Waals surface area (Å²) in [7, 11) is 1.62. The van der Waals surface area contributed by atoms with Gasteiger partial charge in [0.1, 0.15) is 17.3 Å². The molecule has 0 atom stereocenters. The van der Waals surface area contributed by atoms with Crippen LogP contribution in [-0.2, 0) is 11.3 Å². The van der Waals surface area contributed by atoms with E-state index in [0.717, 1.165) is 22.6 Å². The predicted octanol–water partition coefficient (Wildman–Crippen LogP) is 4.94. The van der Waals surface area contributed by atoms with Crippen molar-refractivity contribution in [2.45, 2.75) is 6.54 Å². The standard InChI is InChI=1S/C21H18ClNO3/c1-25-18-9-2-15(3-10-18)4-13-21(24)23-14-19-11-12-20(26-19)16-5-7-17(22)8-6-16/h2-13H,14H2,1H3,(H,23,24)/b13-4+. The van der Waals surface area contributed by atoms with Crippen LogP contribution < -0.4 is 10.1 Å². The highest BCUT2D eigenvalue weighted by atomic mass is 35.5. The topological polar surface area (TPSA) is 51.5 Å². The van der Waals surface area contributed by atoms with Crippen molar-refractivity contribution in [3.8, 4) is 17.1 Å². The molecular formula is C21H18ClNO3. The second-order valence-electron chi connectivity index (χ2n) is 5.60. The van der Waals surface area contributed by atoms with Crippen LogP contribution in [0.5, 0.6) is 5.75 Å². The van der Waals surface area contributed by atoms with Gasteiger partial charge in [0.15, 0.2) is 0 Å². The van der Waals surface area contributed by atoms with Crippen molar-refractivity contribution in [2.75, 3.05) is 7.11 Å². The number of nitrogens with one attached hydrogen (secondary N) is 1. The number of furan rings is 1. The van der Waals surface area contributed by atoms with E-state index in [9.17, 15) is 4.79 Å². The van der Waals surface area contributed by atoms with E-state index < -0.39 is 0 Å². The first-order valence-corrected chi connectivity index (χ1v) is 8.46. The van der Waals surface area contributed by atoms with Gasteiger partial charge in [-0.25, -0.2) is 0 Å². The van der Waals surface area contributed by atoms with Crippen LogP contribution in [0.25, 0.3) is 17.4 Å². The largest absolute Gasteiger partial charge is 0.497 e. The van der Waals surface area contributed by atoms with Gasteiger partial charge in [0.05, 0.1) is 13.7 Å². The Kier molecular flexibility index (Phi) is 5.77. The summed E-state index contributed by atoms with van der Waals surface area (Å²) >= 11 is 5.89. The molecule has 0 spiro atoms. The number of amides is 1. The second kappa shape index (κ2) is 8.41. The maximum absolute atomic E-state index is 11.9. The van der Waals surface area contributed by atoms with Gasteiger partial charge in [-0.3, -0.25) is 4.79 Å². The van der Waals surface area contributed by atoms with Crippen LogP contribution in [0.2, 0.25) is 5.02 Å². The lowest BCUT2D eigenvalue weighted by atomic mass is 10.2. The maximum atomic E-state index is 11.9. The number of methoxy groups -OCH3 is 1. The molecule has 26 heavy (non-hydrogen) atoms. The number of ether oxygens (including phenoxy) is 1. The molecule has 0 saturated heterocycles. The SMILES string of the molecule is COc1ccc(/C=C/C(=O)NCc2ccc(-c3ccc(Cl)cc3)o2)cc1. The zero-order valence-electron chi connectivity index (χ0n) is 14.2. The number of carbonyl (C=O) groups excluding carboxylic acids is 1. The molecule has 2 aromatic carbocycles. The van der Waals surface area contributed by atoms with E-state index in [1.54, 1.807) is 13.2 Å². The Morgan fingerprint density at radius 1 is 1.08 bits per heavy atom. The summed E-state index contributed by atoms with van der Waals surface area (Å²) in [5.74, 6) is 2.01. The molecule has 0 fully saturated rings. The van der Waals surface area contributed by atoms with Crippen LogP contribution in [0, 0.1) is 0 Å². The first-order chi connectivity index (χ1) is 12.6. The lowest BCUT2D eigenvalue weighted by Crippen LogP contribution is -2.19. The first-order valence-electron chi connectivity index (χ1n) is 8.08. The molecule has 1 amide bonds. The third-order valence-electron chi connectivity index (χ3n) is 3.77. The summed E-state index contributed by atoms with van der Waals surface area (Å²) in [5, 5.41) is 3.48. The average Bonchev–Trinajstić information content (AvgIpc) is 3.14. The van der Waals surface area contributed by atoms with Gasteiger partial charge in [-0.1, -0.05) is 23.7 Å². The molecule has 1 aromatic heterocycles. The molecule has 4 nitrogen and oxygen atoms in total. The molecule has 0 bridgehead atoms. The van der Waals surface area contributed by atoms with Crippen molar-refractivity contribution in [3.63, 3.8) is 0 Å². The van der Waals surface area contributed by atoms with Crippen molar-refractivity contribution in [2.24, 2.45) is 0 Å². The molecule has 3 rings (SSSR count). The van der Waals surface area contributed by atoms with Crippen molar-refractivity contribution >= 4 is 23.6 Å². The Labute approximate surface area is 157 Å². The Morgan fingerprint density at radius 3 is 2.50 bits per heavy atom. The first kappa shape index (κ1) is 17.8. The maximum Gasteiger partial charge on any atom is 0.244 e. The Bertz CT molecular complexity index is 896. The zero-order valence-corrected chi connectivity index (χ0v) is 15.0.